The molecule has 2 amide bonds. The first-order chi connectivity index (χ1) is 9.89. The van der Waals surface area contributed by atoms with E-state index in [9.17, 15) is 13.2 Å². The van der Waals surface area contributed by atoms with E-state index in [1.807, 2.05) is 0 Å². The van der Waals surface area contributed by atoms with E-state index in [0.29, 0.717) is 32.0 Å². The molecular formula is C13H26N4O3S. The first-order valence-electron chi connectivity index (χ1n) is 7.64. The Hall–Kier alpha value is -0.860. The molecule has 2 fully saturated rings. The Labute approximate surface area is 127 Å². The molecule has 0 aromatic carbocycles. The van der Waals surface area contributed by atoms with Crippen LogP contribution in [-0.2, 0) is 10.2 Å². The molecule has 0 aromatic rings. The monoisotopic (exact) mass is 318 g/mol. The molecule has 2 aliphatic rings. The molecule has 0 aromatic heterocycles. The predicted molar refractivity (Wildman–Crippen MR) is 81.1 cm³/mol. The molecule has 0 radical (unpaired) electrons. The second kappa shape index (κ2) is 6.93. The third-order valence-corrected chi connectivity index (χ3v) is 6.21. The fraction of sp³-hybridized carbons (Fsp3) is 0.923. The molecule has 1 saturated heterocycles. The highest BCUT2D eigenvalue weighted by molar-refractivity contribution is 7.86. The normalized spacial score (nSPS) is 22.6. The Balaban J connectivity index is 1.75. The molecular weight excluding hydrogens is 292 g/mol. The van der Waals surface area contributed by atoms with Gasteiger partial charge in [0.05, 0.1) is 0 Å². The van der Waals surface area contributed by atoms with E-state index < -0.39 is 10.2 Å². The summed E-state index contributed by atoms with van der Waals surface area (Å²) < 4.78 is 26.7. The van der Waals surface area contributed by atoms with Crippen molar-refractivity contribution in [3.63, 3.8) is 0 Å². The largest absolute Gasteiger partial charge is 0.335 e. The molecule has 2 rings (SSSR count). The maximum atomic E-state index is 12.0. The molecule has 0 atom stereocenters. The lowest BCUT2D eigenvalue weighted by atomic mass is 10.1. The molecule has 2 N–H and O–H groups in total. The Morgan fingerprint density at radius 2 is 1.48 bits per heavy atom. The fourth-order valence-corrected chi connectivity index (χ4v) is 4.08. The number of nitrogens with one attached hydrogen (secondary N) is 2. The van der Waals surface area contributed by atoms with Crippen LogP contribution in [0, 0.1) is 0 Å². The van der Waals surface area contributed by atoms with Crippen LogP contribution in [0.1, 0.15) is 38.5 Å². The van der Waals surface area contributed by atoms with E-state index in [4.69, 9.17) is 0 Å². The third kappa shape index (κ3) is 4.31. The van der Waals surface area contributed by atoms with Crippen LogP contribution >= 0.6 is 0 Å². The van der Waals surface area contributed by atoms with Gasteiger partial charge in [-0.3, -0.25) is 0 Å². The Bertz CT molecular complexity index is 452. The molecule has 1 aliphatic heterocycles. The zero-order valence-corrected chi connectivity index (χ0v) is 13.7. The summed E-state index contributed by atoms with van der Waals surface area (Å²) in [6.45, 7) is 0.907. The van der Waals surface area contributed by atoms with Gasteiger partial charge < -0.3 is 10.6 Å². The number of rotatable bonds is 4. The van der Waals surface area contributed by atoms with Crippen molar-refractivity contribution < 1.29 is 13.2 Å². The summed E-state index contributed by atoms with van der Waals surface area (Å²) in [6, 6.07) is 0.245. The first-order valence-corrected chi connectivity index (χ1v) is 9.04. The minimum atomic E-state index is -3.33. The summed E-state index contributed by atoms with van der Waals surface area (Å²) in [5, 5.41) is 5.96. The van der Waals surface area contributed by atoms with Crippen molar-refractivity contribution in [3.8, 4) is 0 Å². The molecule has 8 heteroatoms. The minimum Gasteiger partial charge on any atom is -0.335 e. The molecule has 21 heavy (non-hydrogen) atoms. The number of amides is 2. The molecule has 7 nitrogen and oxygen atoms in total. The van der Waals surface area contributed by atoms with Crippen molar-refractivity contribution in [1.82, 2.24) is 19.2 Å². The smallest absolute Gasteiger partial charge is 0.315 e. The van der Waals surface area contributed by atoms with Gasteiger partial charge in [0.25, 0.3) is 10.2 Å². The van der Waals surface area contributed by atoms with Crippen molar-refractivity contribution in [2.75, 3.05) is 27.2 Å². The molecule has 0 unspecified atom stereocenters. The molecule has 0 bridgehead atoms. The van der Waals surface area contributed by atoms with Gasteiger partial charge in [-0.15, -0.1) is 0 Å². The maximum Gasteiger partial charge on any atom is 0.315 e. The van der Waals surface area contributed by atoms with Crippen LogP contribution in [0.15, 0.2) is 0 Å². The third-order valence-electron chi connectivity index (χ3n) is 4.27. The van der Waals surface area contributed by atoms with Crippen molar-refractivity contribution >= 4 is 16.2 Å². The van der Waals surface area contributed by atoms with Gasteiger partial charge in [0, 0.05) is 39.3 Å². The number of piperidine rings is 1. The van der Waals surface area contributed by atoms with Gasteiger partial charge in [0.1, 0.15) is 0 Å². The molecule has 1 aliphatic carbocycles. The number of urea groups is 1. The van der Waals surface area contributed by atoms with Crippen LogP contribution < -0.4 is 10.6 Å². The number of hydrogen-bond donors (Lipinski definition) is 2. The fourth-order valence-electron chi connectivity index (χ4n) is 2.94. The summed E-state index contributed by atoms with van der Waals surface area (Å²) in [7, 11) is -0.259. The van der Waals surface area contributed by atoms with Crippen LogP contribution in [0.25, 0.3) is 0 Å². The second-order valence-electron chi connectivity index (χ2n) is 6.06. The van der Waals surface area contributed by atoms with Gasteiger partial charge in [-0.25, -0.2) is 4.79 Å². The van der Waals surface area contributed by atoms with Crippen LogP contribution in [-0.4, -0.2) is 62.3 Å². The summed E-state index contributed by atoms with van der Waals surface area (Å²) in [5.74, 6) is 0. The minimum absolute atomic E-state index is 0.0556. The highest BCUT2D eigenvalue weighted by Gasteiger charge is 2.30. The molecule has 1 heterocycles. The SMILES string of the molecule is CN(C)S(=O)(=O)N1CCC(NC(=O)NC2CCCC2)CC1. The number of carbonyl (C=O) groups excluding carboxylic acids is 1. The van der Waals surface area contributed by atoms with Crippen LogP contribution in [0.5, 0.6) is 0 Å². The summed E-state index contributed by atoms with van der Waals surface area (Å²) in [4.78, 5) is 11.9. The Morgan fingerprint density at radius 1 is 1.00 bits per heavy atom. The Morgan fingerprint density at radius 3 is 1.95 bits per heavy atom. The molecule has 122 valence electrons. The number of hydrogen-bond acceptors (Lipinski definition) is 3. The lowest BCUT2D eigenvalue weighted by Crippen LogP contribution is -2.52. The highest BCUT2D eigenvalue weighted by atomic mass is 32.2. The van der Waals surface area contributed by atoms with Crippen molar-refractivity contribution in [2.24, 2.45) is 0 Å². The van der Waals surface area contributed by atoms with Crippen molar-refractivity contribution in [2.45, 2.75) is 50.6 Å². The van der Waals surface area contributed by atoms with E-state index in [1.54, 1.807) is 0 Å². The average Bonchev–Trinajstić information content (AvgIpc) is 2.91. The highest BCUT2D eigenvalue weighted by Crippen LogP contribution is 2.18. The van der Waals surface area contributed by atoms with Gasteiger partial charge in [0.15, 0.2) is 0 Å². The van der Waals surface area contributed by atoms with Crippen LogP contribution in [0.4, 0.5) is 4.79 Å². The van der Waals surface area contributed by atoms with Crippen molar-refractivity contribution in [3.05, 3.63) is 0 Å². The summed E-state index contributed by atoms with van der Waals surface area (Å²) in [5.41, 5.74) is 0. The van der Waals surface area contributed by atoms with E-state index in [1.165, 1.54) is 35.5 Å². The van der Waals surface area contributed by atoms with Gasteiger partial charge in [-0.1, -0.05) is 12.8 Å². The topological polar surface area (TPSA) is 81.8 Å². The van der Waals surface area contributed by atoms with E-state index in [-0.39, 0.29) is 12.1 Å². The first kappa shape index (κ1) is 16.5. The summed E-state index contributed by atoms with van der Waals surface area (Å²) >= 11 is 0. The van der Waals surface area contributed by atoms with Gasteiger partial charge in [-0.2, -0.15) is 17.0 Å². The zero-order chi connectivity index (χ0) is 15.5. The molecule has 1 saturated carbocycles. The van der Waals surface area contributed by atoms with E-state index >= 15 is 0 Å². The standard InChI is InChI=1S/C13H26N4O3S/c1-16(2)21(19,20)17-9-7-12(8-10-17)15-13(18)14-11-5-3-4-6-11/h11-12H,3-10H2,1-2H3,(H2,14,15,18). The lowest BCUT2D eigenvalue weighted by molar-refractivity contribution is 0.223. The van der Waals surface area contributed by atoms with E-state index in [2.05, 4.69) is 10.6 Å². The zero-order valence-electron chi connectivity index (χ0n) is 12.8. The van der Waals surface area contributed by atoms with Crippen LogP contribution in [0.2, 0.25) is 0 Å². The van der Waals surface area contributed by atoms with Crippen LogP contribution in [0.3, 0.4) is 0 Å². The Kier molecular flexibility index (Phi) is 5.45. The lowest BCUT2D eigenvalue weighted by Gasteiger charge is -2.33. The number of nitrogens with zero attached hydrogens (tertiary/aromatic N) is 2. The maximum absolute atomic E-state index is 12.0. The number of carbonyl (C=O) groups is 1. The predicted octanol–water partition coefficient (Wildman–Crippen LogP) is 0.499. The quantitative estimate of drug-likeness (QED) is 0.792. The van der Waals surface area contributed by atoms with Crippen molar-refractivity contribution in [1.29, 1.82) is 0 Å². The van der Waals surface area contributed by atoms with Gasteiger partial charge >= 0.3 is 6.03 Å². The second-order valence-corrected chi connectivity index (χ2v) is 8.21. The summed E-state index contributed by atoms with van der Waals surface area (Å²) in [6.07, 6.45) is 5.81. The van der Waals surface area contributed by atoms with Gasteiger partial charge in [0.2, 0.25) is 0 Å². The average molecular weight is 318 g/mol. The van der Waals surface area contributed by atoms with E-state index in [0.717, 1.165) is 12.8 Å². The molecule has 0 spiro atoms. The van der Waals surface area contributed by atoms with Gasteiger partial charge in [-0.05, 0) is 25.7 Å².